The Labute approximate surface area is 190 Å². The lowest BCUT2D eigenvalue weighted by atomic mass is 10.1. The molecule has 2 amide bonds. The predicted octanol–water partition coefficient (Wildman–Crippen LogP) is 1.78. The molecule has 0 aliphatic carbocycles. The molecule has 1 N–H and O–H groups in total. The summed E-state index contributed by atoms with van der Waals surface area (Å²) in [6.07, 6.45) is 1.12. The quantitative estimate of drug-likeness (QED) is 0.749. The first-order chi connectivity index (χ1) is 15.5. The van der Waals surface area contributed by atoms with E-state index in [1.54, 1.807) is 0 Å². The van der Waals surface area contributed by atoms with Gasteiger partial charge in [-0.15, -0.1) is 0 Å². The maximum atomic E-state index is 13.1. The Balaban J connectivity index is 1.33. The summed E-state index contributed by atoms with van der Waals surface area (Å²) in [5, 5.41) is 2.94. The number of carbonyl (C=O) groups excluding carboxylic acids is 2. The molecular weight excluding hydrogens is 402 g/mol. The summed E-state index contributed by atoms with van der Waals surface area (Å²) in [5.41, 5.74) is 4.44. The smallest absolute Gasteiger partial charge is 0.237 e. The van der Waals surface area contributed by atoms with Crippen LogP contribution in [0.25, 0.3) is 0 Å². The number of hydrogen-bond donors (Lipinski definition) is 1. The fourth-order valence-electron chi connectivity index (χ4n) is 4.67. The molecule has 7 nitrogen and oxygen atoms in total. The Morgan fingerprint density at radius 3 is 2.41 bits per heavy atom. The molecule has 2 aromatic rings. The summed E-state index contributed by atoms with van der Waals surface area (Å²) in [6.45, 7) is 9.17. The van der Waals surface area contributed by atoms with Gasteiger partial charge in [-0.1, -0.05) is 30.3 Å². The molecule has 0 radical (unpaired) electrons. The molecule has 2 aliphatic heterocycles. The van der Waals surface area contributed by atoms with Gasteiger partial charge in [-0.3, -0.25) is 19.5 Å². The average molecular weight is 436 g/mol. The largest absolute Gasteiger partial charge is 0.368 e. The highest BCUT2D eigenvalue weighted by atomic mass is 16.2. The van der Waals surface area contributed by atoms with E-state index >= 15 is 0 Å². The Bertz CT molecular complexity index is 920. The zero-order chi connectivity index (χ0) is 22.5. The topological polar surface area (TPSA) is 68.8 Å². The van der Waals surface area contributed by atoms with Gasteiger partial charge < -0.3 is 15.1 Å². The SMILES string of the molecule is Cc1cc(N2CCN(C(=O)CC3C(=O)NCCN3CCc3ccccc3)CC2)cc(C)n1. The van der Waals surface area contributed by atoms with Crippen molar-refractivity contribution in [1.82, 2.24) is 20.1 Å². The molecule has 170 valence electrons. The molecule has 1 atom stereocenters. The summed E-state index contributed by atoms with van der Waals surface area (Å²) in [4.78, 5) is 36.5. The first-order valence-corrected chi connectivity index (χ1v) is 11.5. The first-order valence-electron chi connectivity index (χ1n) is 11.5. The second-order valence-corrected chi connectivity index (χ2v) is 8.76. The Kier molecular flexibility index (Phi) is 7.05. The van der Waals surface area contributed by atoms with Crippen molar-refractivity contribution in [3.63, 3.8) is 0 Å². The third-order valence-corrected chi connectivity index (χ3v) is 6.40. The predicted molar refractivity (Wildman–Crippen MR) is 126 cm³/mol. The number of anilines is 1. The van der Waals surface area contributed by atoms with Crippen LogP contribution < -0.4 is 10.2 Å². The number of pyridine rings is 1. The van der Waals surface area contributed by atoms with Gasteiger partial charge in [0.25, 0.3) is 0 Å². The highest BCUT2D eigenvalue weighted by molar-refractivity contribution is 5.89. The number of aryl methyl sites for hydroxylation is 2. The molecule has 2 saturated heterocycles. The summed E-state index contributed by atoms with van der Waals surface area (Å²) in [5.74, 6) is 0.0394. The maximum Gasteiger partial charge on any atom is 0.237 e. The van der Waals surface area contributed by atoms with Gasteiger partial charge in [-0.25, -0.2) is 0 Å². The molecule has 3 heterocycles. The van der Waals surface area contributed by atoms with Crippen molar-refractivity contribution < 1.29 is 9.59 Å². The van der Waals surface area contributed by atoms with E-state index in [-0.39, 0.29) is 24.3 Å². The van der Waals surface area contributed by atoms with Crippen molar-refractivity contribution in [2.45, 2.75) is 32.7 Å². The number of aromatic nitrogens is 1. The van der Waals surface area contributed by atoms with Crippen molar-refractivity contribution in [3.05, 3.63) is 59.4 Å². The van der Waals surface area contributed by atoms with Gasteiger partial charge in [-0.05, 0) is 38.0 Å². The molecule has 1 unspecified atom stereocenters. The first kappa shape index (κ1) is 22.3. The van der Waals surface area contributed by atoms with Crippen LogP contribution in [0.4, 0.5) is 5.69 Å². The zero-order valence-corrected chi connectivity index (χ0v) is 19.1. The van der Waals surface area contributed by atoms with Gasteiger partial charge >= 0.3 is 0 Å². The number of rotatable bonds is 6. The van der Waals surface area contributed by atoms with E-state index in [4.69, 9.17) is 0 Å². The Hall–Kier alpha value is -2.93. The average Bonchev–Trinajstić information content (AvgIpc) is 2.79. The number of benzene rings is 1. The van der Waals surface area contributed by atoms with E-state index in [0.717, 1.165) is 44.0 Å². The van der Waals surface area contributed by atoms with E-state index in [2.05, 4.69) is 44.4 Å². The normalized spacial score (nSPS) is 19.7. The van der Waals surface area contributed by atoms with Crippen LogP contribution in [0.3, 0.4) is 0 Å². The fourth-order valence-corrected chi connectivity index (χ4v) is 4.67. The van der Waals surface area contributed by atoms with Crippen molar-refractivity contribution in [2.24, 2.45) is 0 Å². The molecule has 1 aromatic carbocycles. The van der Waals surface area contributed by atoms with Crippen LogP contribution in [0.5, 0.6) is 0 Å². The standard InChI is InChI=1S/C25H33N5O2/c1-19-16-22(17-20(2)27-19)28-12-14-30(15-13-28)24(31)18-23-25(32)26-9-11-29(23)10-8-21-6-4-3-5-7-21/h3-7,16-17,23H,8-15,18H2,1-2H3,(H,26,32). The van der Waals surface area contributed by atoms with Crippen LogP contribution in [0.1, 0.15) is 23.4 Å². The van der Waals surface area contributed by atoms with Gasteiger partial charge in [0.15, 0.2) is 0 Å². The molecule has 32 heavy (non-hydrogen) atoms. The third kappa shape index (κ3) is 5.46. The van der Waals surface area contributed by atoms with Crippen molar-refractivity contribution in [1.29, 1.82) is 0 Å². The second-order valence-electron chi connectivity index (χ2n) is 8.76. The van der Waals surface area contributed by atoms with E-state index in [1.807, 2.05) is 36.9 Å². The summed E-state index contributed by atoms with van der Waals surface area (Å²) >= 11 is 0. The number of piperazine rings is 2. The number of carbonyl (C=O) groups is 2. The van der Waals surface area contributed by atoms with Crippen LogP contribution in [-0.2, 0) is 16.0 Å². The molecule has 1 aromatic heterocycles. The lowest BCUT2D eigenvalue weighted by Crippen LogP contribution is -2.58. The molecular formula is C25H33N5O2. The van der Waals surface area contributed by atoms with E-state index in [9.17, 15) is 9.59 Å². The lowest BCUT2D eigenvalue weighted by molar-refractivity contribution is -0.139. The van der Waals surface area contributed by atoms with Crippen LogP contribution in [0, 0.1) is 13.8 Å². The third-order valence-electron chi connectivity index (χ3n) is 6.40. The van der Waals surface area contributed by atoms with Crippen molar-refractivity contribution in [2.75, 3.05) is 50.7 Å². The van der Waals surface area contributed by atoms with Gasteiger partial charge in [-0.2, -0.15) is 0 Å². The fraction of sp³-hybridized carbons (Fsp3) is 0.480. The highest BCUT2D eigenvalue weighted by Gasteiger charge is 2.33. The lowest BCUT2D eigenvalue weighted by Gasteiger charge is -2.39. The highest BCUT2D eigenvalue weighted by Crippen LogP contribution is 2.20. The minimum absolute atomic E-state index is 0.0287. The summed E-state index contributed by atoms with van der Waals surface area (Å²) in [6, 6.07) is 14.1. The Morgan fingerprint density at radius 1 is 1.03 bits per heavy atom. The number of nitrogens with one attached hydrogen (secondary N) is 1. The van der Waals surface area contributed by atoms with E-state index in [1.165, 1.54) is 11.3 Å². The molecule has 2 fully saturated rings. The van der Waals surface area contributed by atoms with Crippen LogP contribution in [0.15, 0.2) is 42.5 Å². The Morgan fingerprint density at radius 2 is 1.72 bits per heavy atom. The zero-order valence-electron chi connectivity index (χ0n) is 19.1. The van der Waals surface area contributed by atoms with Crippen molar-refractivity contribution in [3.8, 4) is 0 Å². The summed E-state index contributed by atoms with van der Waals surface area (Å²) < 4.78 is 0. The molecule has 0 spiro atoms. The number of nitrogens with zero attached hydrogens (tertiary/aromatic N) is 4. The van der Waals surface area contributed by atoms with Gasteiger partial charge in [0.1, 0.15) is 0 Å². The minimum Gasteiger partial charge on any atom is -0.368 e. The van der Waals surface area contributed by atoms with Gasteiger partial charge in [0.2, 0.25) is 11.8 Å². The molecule has 7 heteroatoms. The van der Waals surface area contributed by atoms with Crippen molar-refractivity contribution >= 4 is 17.5 Å². The van der Waals surface area contributed by atoms with Gasteiger partial charge in [0.05, 0.1) is 12.5 Å². The second kappa shape index (κ2) is 10.1. The summed E-state index contributed by atoms with van der Waals surface area (Å²) in [7, 11) is 0. The van der Waals surface area contributed by atoms with Crippen LogP contribution in [0.2, 0.25) is 0 Å². The maximum absolute atomic E-state index is 13.1. The molecule has 2 aliphatic rings. The molecule has 0 bridgehead atoms. The molecule has 4 rings (SSSR count). The number of hydrogen-bond acceptors (Lipinski definition) is 5. The van der Waals surface area contributed by atoms with Gasteiger partial charge in [0, 0.05) is 62.9 Å². The van der Waals surface area contributed by atoms with E-state index < -0.39 is 0 Å². The van der Waals surface area contributed by atoms with E-state index in [0.29, 0.717) is 19.6 Å². The molecule has 0 saturated carbocycles. The van der Waals surface area contributed by atoms with Crippen LogP contribution in [-0.4, -0.2) is 78.5 Å². The van der Waals surface area contributed by atoms with Crippen LogP contribution >= 0.6 is 0 Å². The monoisotopic (exact) mass is 435 g/mol. The minimum atomic E-state index is -0.386. The number of amides is 2.